The van der Waals surface area contributed by atoms with Gasteiger partial charge < -0.3 is 4.74 Å². The molecule has 3 heteroatoms. The molecule has 0 spiro atoms. The third kappa shape index (κ3) is 5.97. The zero-order chi connectivity index (χ0) is 12.5. The highest BCUT2D eigenvalue weighted by molar-refractivity contribution is 8.13. The lowest BCUT2D eigenvalue weighted by Crippen LogP contribution is -1.91. The highest BCUT2D eigenvalue weighted by Crippen LogP contribution is 2.13. The zero-order valence-electron chi connectivity index (χ0n) is 9.89. The summed E-state index contributed by atoms with van der Waals surface area (Å²) in [5.41, 5.74) is 1.10. The van der Waals surface area contributed by atoms with Crippen molar-refractivity contribution in [1.29, 1.82) is 0 Å². The van der Waals surface area contributed by atoms with E-state index in [0.29, 0.717) is 12.4 Å². The Bertz CT molecular complexity index is 393. The second kappa shape index (κ2) is 7.74. The lowest BCUT2D eigenvalue weighted by molar-refractivity contribution is -0.109. The maximum Gasteiger partial charge on any atom is 0.186 e. The van der Waals surface area contributed by atoms with E-state index in [1.165, 1.54) is 11.8 Å². The Morgan fingerprint density at radius 1 is 1.41 bits per heavy atom. The van der Waals surface area contributed by atoms with E-state index in [4.69, 9.17) is 4.74 Å². The molecule has 0 atom stereocenters. The largest absolute Gasteiger partial charge is 0.490 e. The number of hydrogen-bond acceptors (Lipinski definition) is 3. The monoisotopic (exact) mass is 248 g/mol. The second-order valence-corrected chi connectivity index (χ2v) is 4.57. The van der Waals surface area contributed by atoms with E-state index in [2.05, 4.69) is 6.58 Å². The van der Waals surface area contributed by atoms with Gasteiger partial charge in [0.1, 0.15) is 12.4 Å². The highest BCUT2D eigenvalue weighted by Gasteiger charge is 1.92. The molecular formula is C14H16O2S. The molecule has 2 nitrogen and oxygen atoms in total. The highest BCUT2D eigenvalue weighted by atomic mass is 32.2. The van der Waals surface area contributed by atoms with Gasteiger partial charge in [-0.25, -0.2) is 0 Å². The Morgan fingerprint density at radius 3 is 2.71 bits per heavy atom. The Labute approximate surface area is 106 Å². The van der Waals surface area contributed by atoms with Crippen LogP contribution in [-0.4, -0.2) is 17.5 Å². The van der Waals surface area contributed by atoms with Crippen molar-refractivity contribution in [3.63, 3.8) is 0 Å². The Hall–Kier alpha value is -1.48. The summed E-state index contributed by atoms with van der Waals surface area (Å²) >= 11 is 1.30. The Morgan fingerprint density at radius 2 is 2.12 bits per heavy atom. The van der Waals surface area contributed by atoms with Crippen LogP contribution in [0.3, 0.4) is 0 Å². The normalized spacial score (nSPS) is 10.4. The first-order valence-corrected chi connectivity index (χ1v) is 6.34. The quantitative estimate of drug-likeness (QED) is 0.720. The molecule has 0 fully saturated rings. The summed E-state index contributed by atoms with van der Waals surface area (Å²) in [6, 6.07) is 7.79. The molecule has 0 saturated carbocycles. The number of rotatable bonds is 6. The van der Waals surface area contributed by atoms with Crippen LogP contribution in [0, 0.1) is 0 Å². The van der Waals surface area contributed by atoms with E-state index >= 15 is 0 Å². The minimum Gasteiger partial charge on any atom is -0.490 e. The zero-order valence-corrected chi connectivity index (χ0v) is 10.7. The number of thioether (sulfide) groups is 1. The maximum atomic E-state index is 10.7. The van der Waals surface area contributed by atoms with Gasteiger partial charge in [0.2, 0.25) is 0 Å². The summed E-state index contributed by atoms with van der Waals surface area (Å²) in [6.07, 6.45) is 5.69. The summed E-state index contributed by atoms with van der Waals surface area (Å²) in [5, 5.41) is 0.142. The van der Waals surface area contributed by atoms with Gasteiger partial charge in [-0.15, -0.1) is 0 Å². The van der Waals surface area contributed by atoms with Gasteiger partial charge in [-0.3, -0.25) is 4.79 Å². The van der Waals surface area contributed by atoms with Crippen LogP contribution in [0.15, 0.2) is 43.0 Å². The fourth-order valence-electron chi connectivity index (χ4n) is 1.18. The van der Waals surface area contributed by atoms with Gasteiger partial charge in [0.25, 0.3) is 0 Å². The Kier molecular flexibility index (Phi) is 6.18. The van der Waals surface area contributed by atoms with Gasteiger partial charge in [-0.05, 0) is 17.7 Å². The first kappa shape index (κ1) is 13.6. The van der Waals surface area contributed by atoms with E-state index in [9.17, 15) is 4.79 Å². The van der Waals surface area contributed by atoms with Crippen molar-refractivity contribution < 1.29 is 9.53 Å². The lowest BCUT2D eigenvalue weighted by Gasteiger charge is -2.02. The van der Waals surface area contributed by atoms with E-state index in [1.54, 1.807) is 13.0 Å². The molecule has 90 valence electrons. The lowest BCUT2D eigenvalue weighted by atomic mass is 10.2. The third-order valence-corrected chi connectivity index (χ3v) is 2.71. The van der Waals surface area contributed by atoms with Crippen LogP contribution >= 0.6 is 11.8 Å². The first-order valence-electron chi connectivity index (χ1n) is 5.36. The molecule has 17 heavy (non-hydrogen) atoms. The summed E-state index contributed by atoms with van der Waals surface area (Å²) in [7, 11) is 0. The molecule has 1 aromatic carbocycles. The molecule has 0 unspecified atom stereocenters. The van der Waals surface area contributed by atoms with Crippen LogP contribution in [0.2, 0.25) is 0 Å². The Balaban J connectivity index is 2.44. The molecule has 1 rings (SSSR count). The first-order chi connectivity index (χ1) is 8.22. The number of carbonyl (C=O) groups excluding carboxylic acids is 1. The SMILES string of the molecule is C=CCOc1ccc(C=CCSC(C)=O)cc1. The van der Waals surface area contributed by atoms with E-state index in [1.807, 2.05) is 36.4 Å². The predicted octanol–water partition coefficient (Wildman–Crippen LogP) is 3.54. The molecule has 0 radical (unpaired) electrons. The molecule has 0 amide bonds. The van der Waals surface area contributed by atoms with Crippen LogP contribution in [0.1, 0.15) is 12.5 Å². The number of hydrogen-bond donors (Lipinski definition) is 0. The molecule has 0 bridgehead atoms. The van der Waals surface area contributed by atoms with Crippen LogP contribution in [0.5, 0.6) is 5.75 Å². The fraction of sp³-hybridized carbons (Fsp3) is 0.214. The topological polar surface area (TPSA) is 26.3 Å². The average molecular weight is 248 g/mol. The van der Waals surface area contributed by atoms with Crippen molar-refractivity contribution >= 4 is 23.0 Å². The molecule has 0 aliphatic carbocycles. The van der Waals surface area contributed by atoms with Crippen molar-refractivity contribution in [2.45, 2.75) is 6.92 Å². The molecule has 0 aliphatic rings. The standard InChI is InChI=1S/C14H16O2S/c1-3-10-16-14-8-6-13(7-9-14)5-4-11-17-12(2)15/h3-9H,1,10-11H2,2H3. The molecule has 0 heterocycles. The molecule has 0 saturated heterocycles. The number of ether oxygens (including phenoxy) is 1. The summed E-state index contributed by atoms with van der Waals surface area (Å²) in [6.45, 7) is 5.68. The van der Waals surface area contributed by atoms with Gasteiger partial charge in [-0.1, -0.05) is 48.7 Å². The third-order valence-electron chi connectivity index (χ3n) is 1.94. The van der Waals surface area contributed by atoms with Gasteiger partial charge in [0, 0.05) is 12.7 Å². The van der Waals surface area contributed by atoms with Gasteiger partial charge in [0.05, 0.1) is 0 Å². The molecular weight excluding hydrogens is 232 g/mol. The molecule has 0 aromatic heterocycles. The van der Waals surface area contributed by atoms with Crippen molar-refractivity contribution in [2.24, 2.45) is 0 Å². The van der Waals surface area contributed by atoms with Crippen LogP contribution in [0.4, 0.5) is 0 Å². The van der Waals surface area contributed by atoms with Crippen molar-refractivity contribution in [2.75, 3.05) is 12.4 Å². The van der Waals surface area contributed by atoms with E-state index < -0.39 is 0 Å². The number of benzene rings is 1. The smallest absolute Gasteiger partial charge is 0.186 e. The summed E-state index contributed by atoms with van der Waals surface area (Å²) in [4.78, 5) is 10.7. The number of carbonyl (C=O) groups is 1. The molecule has 0 aliphatic heterocycles. The van der Waals surface area contributed by atoms with E-state index in [0.717, 1.165) is 11.3 Å². The van der Waals surface area contributed by atoms with Crippen molar-refractivity contribution in [3.05, 3.63) is 48.6 Å². The van der Waals surface area contributed by atoms with Crippen LogP contribution < -0.4 is 4.74 Å². The summed E-state index contributed by atoms with van der Waals surface area (Å²) in [5.74, 6) is 1.55. The van der Waals surface area contributed by atoms with Crippen LogP contribution in [0.25, 0.3) is 6.08 Å². The van der Waals surface area contributed by atoms with Crippen molar-refractivity contribution in [1.82, 2.24) is 0 Å². The fourth-order valence-corrected chi connectivity index (χ4v) is 1.61. The van der Waals surface area contributed by atoms with E-state index in [-0.39, 0.29) is 5.12 Å². The average Bonchev–Trinajstić information content (AvgIpc) is 2.33. The predicted molar refractivity (Wildman–Crippen MR) is 74.3 cm³/mol. The summed E-state index contributed by atoms with van der Waals surface area (Å²) < 4.78 is 5.38. The minimum atomic E-state index is 0.142. The minimum absolute atomic E-state index is 0.142. The van der Waals surface area contributed by atoms with Crippen LogP contribution in [-0.2, 0) is 4.79 Å². The van der Waals surface area contributed by atoms with Crippen molar-refractivity contribution in [3.8, 4) is 5.75 Å². The van der Waals surface area contributed by atoms with Gasteiger partial charge >= 0.3 is 0 Å². The maximum absolute atomic E-state index is 10.7. The molecule has 0 N–H and O–H groups in total. The molecule has 1 aromatic rings. The second-order valence-electron chi connectivity index (χ2n) is 3.37. The van der Waals surface area contributed by atoms with Gasteiger partial charge in [-0.2, -0.15) is 0 Å². The van der Waals surface area contributed by atoms with Gasteiger partial charge in [0.15, 0.2) is 5.12 Å².